The first kappa shape index (κ1) is 12.3. The van der Waals surface area contributed by atoms with E-state index in [1.165, 1.54) is 0 Å². The van der Waals surface area contributed by atoms with Gasteiger partial charge < -0.3 is 4.98 Å². The van der Waals surface area contributed by atoms with E-state index in [1.54, 1.807) is 4.98 Å². The lowest BCUT2D eigenvalue weighted by atomic mass is 10.1. The van der Waals surface area contributed by atoms with E-state index < -0.39 is 35.0 Å². The van der Waals surface area contributed by atoms with Crippen LogP contribution in [0.4, 0.5) is 22.0 Å². The highest BCUT2D eigenvalue weighted by molar-refractivity contribution is 5.71. The van der Waals surface area contributed by atoms with Gasteiger partial charge in [0.25, 0.3) is 6.43 Å². The van der Waals surface area contributed by atoms with Crippen molar-refractivity contribution in [3.63, 3.8) is 0 Å². The van der Waals surface area contributed by atoms with Crippen LogP contribution in [0.1, 0.15) is 28.2 Å². The molecule has 1 heterocycles. The number of H-pyrrole nitrogens is 1. The number of nitrogens with one attached hydrogen (secondary N) is 1. The number of halogens is 5. The van der Waals surface area contributed by atoms with Gasteiger partial charge in [0.15, 0.2) is 11.7 Å². The van der Waals surface area contributed by atoms with Crippen molar-refractivity contribution in [3.8, 4) is 0 Å². The highest BCUT2D eigenvalue weighted by Gasteiger charge is 2.39. The van der Waals surface area contributed by atoms with Crippen LogP contribution in [-0.2, 0) is 6.18 Å². The Bertz CT molecular complexity index is 462. The maximum absolute atomic E-state index is 12.3. The van der Waals surface area contributed by atoms with Crippen molar-refractivity contribution < 1.29 is 26.7 Å². The number of alkyl halides is 5. The van der Waals surface area contributed by atoms with Gasteiger partial charge in [-0.2, -0.15) is 13.2 Å². The molecule has 1 rings (SSSR count). The van der Waals surface area contributed by atoms with Crippen LogP contribution in [0.15, 0.2) is 10.9 Å². The highest BCUT2D eigenvalue weighted by atomic mass is 19.4. The van der Waals surface area contributed by atoms with Gasteiger partial charge >= 0.3 is 6.18 Å². The lowest BCUT2D eigenvalue weighted by Crippen LogP contribution is -2.24. The van der Waals surface area contributed by atoms with Gasteiger partial charge in [-0.1, -0.05) is 0 Å². The maximum Gasteiger partial charge on any atom is 0.422 e. The second kappa shape index (κ2) is 4.03. The molecule has 16 heavy (non-hydrogen) atoms. The van der Waals surface area contributed by atoms with Crippen molar-refractivity contribution in [3.05, 3.63) is 33.2 Å². The molecule has 0 aliphatic carbocycles. The molecule has 0 spiro atoms. The Morgan fingerprint density at radius 1 is 1.31 bits per heavy atom. The molecular formula is C8H4F5NO2. The molecule has 0 aliphatic rings. The van der Waals surface area contributed by atoms with Gasteiger partial charge in [0.05, 0.1) is 11.4 Å². The topological polar surface area (TPSA) is 49.9 Å². The average Bonchev–Trinajstić information content (AvgIpc) is 2.14. The van der Waals surface area contributed by atoms with Crippen molar-refractivity contribution in [2.45, 2.75) is 12.6 Å². The minimum Gasteiger partial charge on any atom is -0.351 e. The third-order valence-electron chi connectivity index (χ3n) is 1.71. The molecular weight excluding hydrogens is 237 g/mol. The lowest BCUT2D eigenvalue weighted by molar-refractivity contribution is -0.140. The number of rotatable bonds is 2. The third-order valence-corrected chi connectivity index (χ3v) is 1.71. The van der Waals surface area contributed by atoms with Crippen LogP contribution in [0.3, 0.4) is 0 Å². The van der Waals surface area contributed by atoms with Gasteiger partial charge in [0, 0.05) is 6.07 Å². The van der Waals surface area contributed by atoms with E-state index in [2.05, 4.69) is 0 Å². The van der Waals surface area contributed by atoms with Crippen LogP contribution in [0.2, 0.25) is 0 Å². The number of aldehydes is 1. The summed E-state index contributed by atoms with van der Waals surface area (Å²) in [6, 6.07) is 0.321. The maximum atomic E-state index is 12.3. The van der Waals surface area contributed by atoms with Crippen LogP contribution in [-0.4, -0.2) is 11.3 Å². The van der Waals surface area contributed by atoms with E-state index in [-0.39, 0.29) is 6.29 Å². The fourth-order valence-corrected chi connectivity index (χ4v) is 1.12. The number of aromatic nitrogens is 1. The zero-order valence-electron chi connectivity index (χ0n) is 7.44. The second-order valence-corrected chi connectivity index (χ2v) is 2.79. The largest absolute Gasteiger partial charge is 0.422 e. The smallest absolute Gasteiger partial charge is 0.351 e. The van der Waals surface area contributed by atoms with Crippen LogP contribution >= 0.6 is 0 Å². The predicted octanol–water partition coefficient (Wildman–Crippen LogP) is 2.14. The number of hydrogen-bond donors (Lipinski definition) is 1. The van der Waals surface area contributed by atoms with E-state index in [0.29, 0.717) is 6.07 Å². The summed E-state index contributed by atoms with van der Waals surface area (Å²) in [4.78, 5) is 22.7. The standard InChI is InChI=1S/C8H4F5NO2/c9-7(10)6-5(8(11,12)13)4(16)1-3(2-15)14-6/h1-2,7H,(H,14,16). The van der Waals surface area contributed by atoms with Crippen molar-refractivity contribution >= 4 is 6.29 Å². The van der Waals surface area contributed by atoms with Gasteiger partial charge in [0.2, 0.25) is 0 Å². The molecule has 0 bridgehead atoms. The minimum absolute atomic E-state index is 0.0204. The molecule has 0 saturated heterocycles. The predicted molar refractivity (Wildman–Crippen MR) is 42.4 cm³/mol. The summed E-state index contributed by atoms with van der Waals surface area (Å²) in [6.45, 7) is 0. The first-order chi connectivity index (χ1) is 7.27. The van der Waals surface area contributed by atoms with E-state index in [0.717, 1.165) is 0 Å². The van der Waals surface area contributed by atoms with Crippen molar-refractivity contribution in [2.75, 3.05) is 0 Å². The Morgan fingerprint density at radius 2 is 1.88 bits per heavy atom. The van der Waals surface area contributed by atoms with Crippen LogP contribution in [0.25, 0.3) is 0 Å². The summed E-state index contributed by atoms with van der Waals surface area (Å²) in [5.74, 6) is 0. The molecule has 0 radical (unpaired) electrons. The first-order valence-corrected chi connectivity index (χ1v) is 3.85. The Labute approximate surface area is 84.9 Å². The molecule has 1 aromatic heterocycles. The highest BCUT2D eigenvalue weighted by Crippen LogP contribution is 2.32. The van der Waals surface area contributed by atoms with Gasteiger partial charge in [-0.3, -0.25) is 9.59 Å². The Balaban J connectivity index is 3.59. The van der Waals surface area contributed by atoms with Gasteiger partial charge in [0.1, 0.15) is 5.56 Å². The molecule has 0 atom stereocenters. The fourth-order valence-electron chi connectivity index (χ4n) is 1.12. The minimum atomic E-state index is -5.19. The number of aromatic amines is 1. The molecule has 1 N–H and O–H groups in total. The molecule has 0 unspecified atom stereocenters. The number of carbonyl (C=O) groups is 1. The zero-order valence-corrected chi connectivity index (χ0v) is 7.44. The second-order valence-electron chi connectivity index (χ2n) is 2.79. The first-order valence-electron chi connectivity index (χ1n) is 3.85. The summed E-state index contributed by atoms with van der Waals surface area (Å²) in [5.41, 5.74) is -5.87. The third kappa shape index (κ3) is 2.26. The quantitative estimate of drug-likeness (QED) is 0.637. The van der Waals surface area contributed by atoms with Gasteiger partial charge in [-0.15, -0.1) is 0 Å². The summed E-state index contributed by atoms with van der Waals surface area (Å²) in [5, 5.41) is 0. The van der Waals surface area contributed by atoms with Crippen LogP contribution in [0.5, 0.6) is 0 Å². The van der Waals surface area contributed by atoms with Crippen LogP contribution < -0.4 is 5.43 Å². The summed E-state index contributed by atoms with van der Waals surface area (Å²) in [7, 11) is 0. The summed E-state index contributed by atoms with van der Waals surface area (Å²) >= 11 is 0. The fraction of sp³-hybridized carbons (Fsp3) is 0.250. The molecule has 88 valence electrons. The average molecular weight is 241 g/mol. The Hall–Kier alpha value is -1.73. The summed E-state index contributed by atoms with van der Waals surface area (Å²) in [6.07, 6.45) is -8.74. The monoisotopic (exact) mass is 241 g/mol. The Kier molecular flexibility index (Phi) is 3.11. The molecule has 3 nitrogen and oxygen atoms in total. The number of carbonyl (C=O) groups excluding carboxylic acids is 1. The molecule has 0 aromatic carbocycles. The molecule has 0 saturated carbocycles. The molecule has 0 amide bonds. The van der Waals surface area contributed by atoms with E-state index >= 15 is 0 Å². The molecule has 0 aliphatic heterocycles. The molecule has 1 aromatic rings. The van der Waals surface area contributed by atoms with E-state index in [4.69, 9.17) is 0 Å². The normalized spacial score (nSPS) is 11.9. The number of pyridine rings is 1. The van der Waals surface area contributed by atoms with Gasteiger partial charge in [-0.05, 0) is 0 Å². The Morgan fingerprint density at radius 3 is 2.25 bits per heavy atom. The van der Waals surface area contributed by atoms with E-state index in [1.807, 2.05) is 0 Å². The van der Waals surface area contributed by atoms with Crippen molar-refractivity contribution in [1.82, 2.24) is 4.98 Å². The van der Waals surface area contributed by atoms with E-state index in [9.17, 15) is 31.5 Å². The van der Waals surface area contributed by atoms with Crippen molar-refractivity contribution in [2.24, 2.45) is 0 Å². The zero-order chi connectivity index (χ0) is 12.5. The summed E-state index contributed by atoms with van der Waals surface area (Å²) < 4.78 is 61.3. The van der Waals surface area contributed by atoms with Crippen LogP contribution in [0, 0.1) is 0 Å². The van der Waals surface area contributed by atoms with Gasteiger partial charge in [-0.25, -0.2) is 8.78 Å². The van der Waals surface area contributed by atoms with Crippen molar-refractivity contribution in [1.29, 1.82) is 0 Å². The number of hydrogen-bond acceptors (Lipinski definition) is 2. The lowest BCUT2D eigenvalue weighted by Gasteiger charge is -2.11. The molecule has 0 fully saturated rings. The molecule has 8 heteroatoms. The SMILES string of the molecule is O=Cc1cc(=O)c(C(F)(F)F)c(C(F)F)[nH]1.